The Hall–Kier alpha value is -3.87. The lowest BCUT2D eigenvalue weighted by atomic mass is 9.87. The summed E-state index contributed by atoms with van der Waals surface area (Å²) in [7, 11) is 0. The summed E-state index contributed by atoms with van der Waals surface area (Å²) in [4.78, 5) is 31.5. The number of carbonyl (C=O) groups is 2. The maximum absolute atomic E-state index is 13.2. The smallest absolute Gasteiger partial charge is 0.273 e. The van der Waals surface area contributed by atoms with Crippen molar-refractivity contribution in [2.45, 2.75) is 38.8 Å². The van der Waals surface area contributed by atoms with Gasteiger partial charge in [-0.25, -0.2) is 4.98 Å². The lowest BCUT2D eigenvalue weighted by Gasteiger charge is -2.38. The van der Waals surface area contributed by atoms with E-state index in [-0.39, 0.29) is 36.1 Å². The van der Waals surface area contributed by atoms with Crippen molar-refractivity contribution in [2.75, 3.05) is 13.1 Å². The second kappa shape index (κ2) is 9.78. The number of amides is 2. The maximum Gasteiger partial charge on any atom is 0.273 e. The number of benzene rings is 2. The number of carbonyl (C=O) groups excluding carboxylic acids is 2. The van der Waals surface area contributed by atoms with Crippen LogP contribution in [0.15, 0.2) is 65.8 Å². The van der Waals surface area contributed by atoms with Crippen molar-refractivity contribution in [1.82, 2.24) is 15.2 Å². The Morgan fingerprint density at radius 1 is 1.26 bits per heavy atom. The van der Waals surface area contributed by atoms with E-state index in [2.05, 4.69) is 48.1 Å². The molecule has 2 aromatic carbocycles. The third-order valence-electron chi connectivity index (χ3n) is 6.47. The van der Waals surface area contributed by atoms with Crippen LogP contribution >= 0.6 is 0 Å². The number of nitrogens with zero attached hydrogens (tertiary/aromatic N) is 2. The number of hydrogen-bond acceptors (Lipinski definition) is 5. The van der Waals surface area contributed by atoms with Gasteiger partial charge in [-0.2, -0.15) is 0 Å². The van der Waals surface area contributed by atoms with Crippen LogP contribution in [0, 0.1) is 12.8 Å². The van der Waals surface area contributed by atoms with Gasteiger partial charge in [0.2, 0.25) is 11.8 Å². The largest absolute Gasteiger partial charge is 0.484 e. The van der Waals surface area contributed by atoms with Gasteiger partial charge in [0.1, 0.15) is 12.0 Å². The Morgan fingerprint density at radius 2 is 2.11 bits per heavy atom. The number of ether oxygens (including phenoxy) is 1. The minimum Gasteiger partial charge on any atom is -0.484 e. The fourth-order valence-electron chi connectivity index (χ4n) is 4.57. The van der Waals surface area contributed by atoms with Gasteiger partial charge in [0.05, 0.1) is 6.04 Å². The summed E-state index contributed by atoms with van der Waals surface area (Å²) in [6.45, 7) is 6.81. The molecule has 1 atom stereocenters. The van der Waals surface area contributed by atoms with Crippen LogP contribution < -0.4 is 10.1 Å². The molecule has 180 valence electrons. The Labute approximate surface area is 204 Å². The highest BCUT2D eigenvalue weighted by atomic mass is 16.5. The van der Waals surface area contributed by atoms with Gasteiger partial charge in [0.25, 0.3) is 5.91 Å². The van der Waals surface area contributed by atoms with Crippen LogP contribution in [0.25, 0.3) is 0 Å². The standard InChI is InChI=1S/C28H29N3O4/c1-3-12-29-27(32)24-16-35-25(30-24)17-34-22-10-9-19-11-13-31(28(33)20-7-8-20)26(23(19)15-22)21-6-4-5-18(2)14-21/h3-6,9-10,14-16,20,26H,1,7-8,11-13,17H2,2H3,(H,29,32)/t26-/m0/s1. The third kappa shape index (κ3) is 4.99. The van der Waals surface area contributed by atoms with Crippen molar-refractivity contribution >= 4 is 11.8 Å². The highest BCUT2D eigenvalue weighted by molar-refractivity contribution is 5.91. The van der Waals surface area contributed by atoms with Gasteiger partial charge in [-0.3, -0.25) is 9.59 Å². The van der Waals surface area contributed by atoms with E-state index in [0.717, 1.165) is 36.0 Å². The van der Waals surface area contributed by atoms with Crippen LogP contribution in [0.2, 0.25) is 0 Å². The SMILES string of the molecule is C=CCNC(=O)c1coc(COc2ccc3c(c2)[C@H](c2cccc(C)c2)N(C(=O)C2CC2)CC3)n1. The minimum absolute atomic E-state index is 0.0906. The van der Waals surface area contributed by atoms with Crippen molar-refractivity contribution < 1.29 is 18.7 Å². The van der Waals surface area contributed by atoms with Crippen molar-refractivity contribution in [3.05, 3.63) is 95.2 Å². The van der Waals surface area contributed by atoms with Gasteiger partial charge in [-0.15, -0.1) is 6.58 Å². The van der Waals surface area contributed by atoms with Crippen molar-refractivity contribution in [2.24, 2.45) is 5.92 Å². The van der Waals surface area contributed by atoms with Gasteiger partial charge in [0.15, 0.2) is 12.3 Å². The molecule has 2 heterocycles. The molecule has 7 nitrogen and oxygen atoms in total. The van der Waals surface area contributed by atoms with E-state index in [1.807, 2.05) is 23.1 Å². The van der Waals surface area contributed by atoms with Crippen LogP contribution in [-0.2, 0) is 17.8 Å². The Balaban J connectivity index is 1.38. The normalized spacial score (nSPS) is 16.9. The minimum atomic E-state index is -0.324. The molecule has 1 aliphatic heterocycles. The van der Waals surface area contributed by atoms with Gasteiger partial charge in [-0.05, 0) is 55.0 Å². The Kier molecular flexibility index (Phi) is 6.40. The zero-order valence-corrected chi connectivity index (χ0v) is 19.8. The summed E-state index contributed by atoms with van der Waals surface area (Å²) in [5.41, 5.74) is 4.79. The number of nitrogens with one attached hydrogen (secondary N) is 1. The average Bonchev–Trinajstić information content (AvgIpc) is 3.62. The molecule has 1 saturated carbocycles. The molecule has 7 heteroatoms. The molecular formula is C28H29N3O4. The molecule has 0 radical (unpaired) electrons. The first kappa shape index (κ1) is 22.9. The molecule has 0 bridgehead atoms. The van der Waals surface area contributed by atoms with E-state index < -0.39 is 0 Å². The van der Waals surface area contributed by atoms with Crippen LogP contribution in [0.3, 0.4) is 0 Å². The molecule has 1 aromatic heterocycles. The van der Waals surface area contributed by atoms with Gasteiger partial charge >= 0.3 is 0 Å². The zero-order valence-electron chi connectivity index (χ0n) is 19.8. The molecule has 2 aliphatic rings. The average molecular weight is 472 g/mol. The van der Waals surface area contributed by atoms with Crippen molar-refractivity contribution in [3.8, 4) is 5.75 Å². The maximum atomic E-state index is 13.2. The van der Waals surface area contributed by atoms with Crippen LogP contribution in [0.1, 0.15) is 57.5 Å². The van der Waals surface area contributed by atoms with Gasteiger partial charge in [-0.1, -0.05) is 42.0 Å². The number of fused-ring (bicyclic) bond motifs is 1. The predicted octanol–water partition coefficient (Wildman–Crippen LogP) is 4.36. The number of aromatic nitrogens is 1. The Bertz CT molecular complexity index is 1260. The summed E-state index contributed by atoms with van der Waals surface area (Å²) >= 11 is 0. The molecule has 0 saturated heterocycles. The molecule has 5 rings (SSSR count). The number of rotatable bonds is 8. The lowest BCUT2D eigenvalue weighted by molar-refractivity contribution is -0.134. The van der Waals surface area contributed by atoms with Gasteiger partial charge in [0, 0.05) is 19.0 Å². The van der Waals surface area contributed by atoms with E-state index in [4.69, 9.17) is 9.15 Å². The zero-order chi connectivity index (χ0) is 24.4. The van der Waals surface area contributed by atoms with E-state index in [0.29, 0.717) is 24.7 Å². The summed E-state index contributed by atoms with van der Waals surface area (Å²) < 4.78 is 11.4. The van der Waals surface area contributed by atoms with E-state index in [9.17, 15) is 9.59 Å². The first-order valence-electron chi connectivity index (χ1n) is 12.0. The number of oxazole rings is 1. The second-order valence-corrected chi connectivity index (χ2v) is 9.15. The highest BCUT2D eigenvalue weighted by Crippen LogP contribution is 2.41. The molecule has 1 fully saturated rings. The first-order chi connectivity index (χ1) is 17.0. The summed E-state index contributed by atoms with van der Waals surface area (Å²) in [6, 6.07) is 14.3. The monoisotopic (exact) mass is 471 g/mol. The molecular weight excluding hydrogens is 442 g/mol. The van der Waals surface area contributed by atoms with Crippen molar-refractivity contribution in [1.29, 1.82) is 0 Å². The van der Waals surface area contributed by atoms with Crippen LogP contribution in [0.5, 0.6) is 5.75 Å². The molecule has 0 unspecified atom stereocenters. The van der Waals surface area contributed by atoms with E-state index >= 15 is 0 Å². The fraction of sp³-hybridized carbons (Fsp3) is 0.321. The predicted molar refractivity (Wildman–Crippen MR) is 131 cm³/mol. The topological polar surface area (TPSA) is 84.7 Å². The second-order valence-electron chi connectivity index (χ2n) is 9.15. The van der Waals surface area contributed by atoms with Crippen LogP contribution in [0.4, 0.5) is 0 Å². The lowest BCUT2D eigenvalue weighted by Crippen LogP contribution is -2.41. The Morgan fingerprint density at radius 3 is 2.89 bits per heavy atom. The highest BCUT2D eigenvalue weighted by Gasteiger charge is 2.39. The van der Waals surface area contributed by atoms with E-state index in [1.54, 1.807) is 6.08 Å². The van der Waals surface area contributed by atoms with E-state index in [1.165, 1.54) is 11.8 Å². The summed E-state index contributed by atoms with van der Waals surface area (Å²) in [6.07, 6.45) is 5.70. The van der Waals surface area contributed by atoms with Crippen LogP contribution in [-0.4, -0.2) is 34.8 Å². The molecule has 3 aromatic rings. The molecule has 1 aliphatic carbocycles. The fourth-order valence-corrected chi connectivity index (χ4v) is 4.57. The number of aryl methyl sites for hydroxylation is 1. The molecule has 35 heavy (non-hydrogen) atoms. The third-order valence-corrected chi connectivity index (χ3v) is 6.47. The summed E-state index contributed by atoms with van der Waals surface area (Å²) in [5, 5.41) is 2.67. The van der Waals surface area contributed by atoms with Crippen molar-refractivity contribution in [3.63, 3.8) is 0 Å². The quantitative estimate of drug-likeness (QED) is 0.494. The number of hydrogen-bond donors (Lipinski definition) is 1. The molecule has 2 amide bonds. The molecule has 1 N–H and O–H groups in total. The van der Waals surface area contributed by atoms with Gasteiger partial charge < -0.3 is 19.4 Å². The first-order valence-corrected chi connectivity index (χ1v) is 12.0. The summed E-state index contributed by atoms with van der Waals surface area (Å²) in [5.74, 6) is 1.06. The molecule has 0 spiro atoms.